The second-order valence-electron chi connectivity index (χ2n) is 5.78. The summed E-state index contributed by atoms with van der Waals surface area (Å²) in [5.41, 5.74) is 2.51. The van der Waals surface area contributed by atoms with Crippen molar-refractivity contribution in [3.8, 4) is 0 Å². The lowest BCUT2D eigenvalue weighted by Gasteiger charge is -2.27. The number of aromatic nitrogens is 1. The van der Waals surface area contributed by atoms with Crippen LogP contribution in [0.3, 0.4) is 0 Å². The van der Waals surface area contributed by atoms with E-state index in [0.717, 1.165) is 19.5 Å². The summed E-state index contributed by atoms with van der Waals surface area (Å²) in [5.74, 6) is 0. The van der Waals surface area contributed by atoms with Gasteiger partial charge >= 0.3 is 0 Å². The van der Waals surface area contributed by atoms with Gasteiger partial charge in [0.2, 0.25) is 0 Å². The second kappa shape index (κ2) is 6.83. The Labute approximate surface area is 126 Å². The standard InChI is InChI=1S/C18H22N2O/c21-17(13-15-5-2-1-3-6-15)14-20-12-4-7-18(20)16-8-10-19-11-9-16/h1-3,5-6,8-11,17-18,21H,4,7,12-14H2. The summed E-state index contributed by atoms with van der Waals surface area (Å²) in [5, 5.41) is 10.4. The number of aliphatic hydroxyl groups excluding tert-OH is 1. The zero-order chi connectivity index (χ0) is 14.5. The lowest BCUT2D eigenvalue weighted by atomic mass is 10.0. The van der Waals surface area contributed by atoms with Crippen LogP contribution in [-0.2, 0) is 6.42 Å². The Bertz CT molecular complexity index is 544. The minimum absolute atomic E-state index is 0.310. The van der Waals surface area contributed by atoms with Crippen LogP contribution in [-0.4, -0.2) is 34.2 Å². The summed E-state index contributed by atoms with van der Waals surface area (Å²) in [6, 6.07) is 14.8. The first-order valence-electron chi connectivity index (χ1n) is 7.69. The molecular formula is C18H22N2O. The van der Waals surface area contributed by atoms with E-state index in [1.165, 1.54) is 24.0 Å². The molecule has 1 aliphatic heterocycles. The molecule has 0 amide bonds. The fraction of sp³-hybridized carbons (Fsp3) is 0.389. The number of pyridine rings is 1. The van der Waals surface area contributed by atoms with Gasteiger partial charge in [-0.25, -0.2) is 0 Å². The maximum absolute atomic E-state index is 10.4. The molecule has 1 fully saturated rings. The molecule has 3 nitrogen and oxygen atoms in total. The van der Waals surface area contributed by atoms with Gasteiger partial charge in [-0.1, -0.05) is 30.3 Å². The Morgan fingerprint density at radius 3 is 2.67 bits per heavy atom. The number of β-amino-alcohol motifs (C(OH)–C–C–N with tert-alkyl or cyclic N) is 1. The van der Waals surface area contributed by atoms with Gasteiger partial charge in [0.1, 0.15) is 0 Å². The van der Waals surface area contributed by atoms with E-state index < -0.39 is 0 Å². The maximum atomic E-state index is 10.4. The average molecular weight is 282 g/mol. The summed E-state index contributed by atoms with van der Waals surface area (Å²) in [6.45, 7) is 1.81. The highest BCUT2D eigenvalue weighted by Gasteiger charge is 2.27. The monoisotopic (exact) mass is 282 g/mol. The Kier molecular flexibility index (Phi) is 4.63. The average Bonchev–Trinajstić information content (AvgIpc) is 2.97. The molecule has 2 atom stereocenters. The Morgan fingerprint density at radius 2 is 1.90 bits per heavy atom. The molecule has 1 aromatic carbocycles. The third-order valence-corrected chi connectivity index (χ3v) is 4.21. The van der Waals surface area contributed by atoms with E-state index in [2.05, 4.69) is 34.1 Å². The van der Waals surface area contributed by atoms with E-state index in [1.54, 1.807) is 0 Å². The molecule has 2 heterocycles. The van der Waals surface area contributed by atoms with Crippen LogP contribution in [0.1, 0.15) is 30.0 Å². The fourth-order valence-corrected chi connectivity index (χ4v) is 3.23. The number of hydrogen-bond acceptors (Lipinski definition) is 3. The van der Waals surface area contributed by atoms with E-state index in [4.69, 9.17) is 0 Å². The van der Waals surface area contributed by atoms with E-state index >= 15 is 0 Å². The zero-order valence-corrected chi connectivity index (χ0v) is 12.2. The van der Waals surface area contributed by atoms with Crippen LogP contribution in [0.25, 0.3) is 0 Å². The first-order valence-corrected chi connectivity index (χ1v) is 7.69. The van der Waals surface area contributed by atoms with E-state index in [-0.39, 0.29) is 6.10 Å². The summed E-state index contributed by atoms with van der Waals surface area (Å²) in [7, 11) is 0. The summed E-state index contributed by atoms with van der Waals surface area (Å²) < 4.78 is 0. The quantitative estimate of drug-likeness (QED) is 0.916. The number of aliphatic hydroxyl groups is 1. The largest absolute Gasteiger partial charge is 0.391 e. The minimum Gasteiger partial charge on any atom is -0.391 e. The number of rotatable bonds is 5. The summed E-state index contributed by atoms with van der Waals surface area (Å²) >= 11 is 0. The van der Waals surface area contributed by atoms with Gasteiger partial charge in [0.05, 0.1) is 6.10 Å². The molecule has 3 rings (SSSR count). The topological polar surface area (TPSA) is 36.4 Å². The van der Waals surface area contributed by atoms with Crippen LogP contribution >= 0.6 is 0 Å². The molecule has 2 aromatic rings. The van der Waals surface area contributed by atoms with Crippen molar-refractivity contribution in [1.82, 2.24) is 9.88 Å². The van der Waals surface area contributed by atoms with Gasteiger partial charge in [0, 0.05) is 25.0 Å². The molecule has 0 saturated carbocycles. The van der Waals surface area contributed by atoms with Crippen molar-refractivity contribution < 1.29 is 5.11 Å². The Morgan fingerprint density at radius 1 is 1.14 bits per heavy atom. The van der Waals surface area contributed by atoms with Gasteiger partial charge in [-0.15, -0.1) is 0 Å². The molecule has 1 saturated heterocycles. The van der Waals surface area contributed by atoms with Crippen molar-refractivity contribution in [3.63, 3.8) is 0 Å². The molecule has 1 aromatic heterocycles. The van der Waals surface area contributed by atoms with Crippen molar-refractivity contribution in [3.05, 3.63) is 66.0 Å². The molecule has 1 aliphatic rings. The Hall–Kier alpha value is -1.71. The normalized spacial score (nSPS) is 20.5. The van der Waals surface area contributed by atoms with Crippen LogP contribution in [0.4, 0.5) is 0 Å². The van der Waals surface area contributed by atoms with Crippen molar-refractivity contribution in [2.24, 2.45) is 0 Å². The Balaban J connectivity index is 1.61. The SMILES string of the molecule is OC(Cc1ccccc1)CN1CCCC1c1ccncc1. The summed E-state index contributed by atoms with van der Waals surface area (Å²) in [4.78, 5) is 6.50. The van der Waals surface area contributed by atoms with Crippen LogP contribution in [0.15, 0.2) is 54.9 Å². The molecular weight excluding hydrogens is 260 g/mol. The third-order valence-electron chi connectivity index (χ3n) is 4.21. The molecule has 110 valence electrons. The van der Waals surface area contributed by atoms with Crippen molar-refractivity contribution in [2.45, 2.75) is 31.4 Å². The van der Waals surface area contributed by atoms with Crippen LogP contribution in [0.2, 0.25) is 0 Å². The van der Waals surface area contributed by atoms with E-state index in [0.29, 0.717) is 6.04 Å². The number of benzene rings is 1. The van der Waals surface area contributed by atoms with Gasteiger partial charge < -0.3 is 5.11 Å². The highest BCUT2D eigenvalue weighted by Crippen LogP contribution is 2.31. The highest BCUT2D eigenvalue weighted by molar-refractivity contribution is 5.17. The van der Waals surface area contributed by atoms with Gasteiger partial charge in [-0.05, 0) is 49.1 Å². The van der Waals surface area contributed by atoms with E-state index in [9.17, 15) is 5.11 Å². The van der Waals surface area contributed by atoms with Crippen LogP contribution in [0, 0.1) is 0 Å². The van der Waals surface area contributed by atoms with Gasteiger partial charge in [0.25, 0.3) is 0 Å². The second-order valence-corrected chi connectivity index (χ2v) is 5.78. The van der Waals surface area contributed by atoms with Crippen molar-refractivity contribution in [2.75, 3.05) is 13.1 Å². The molecule has 1 N–H and O–H groups in total. The van der Waals surface area contributed by atoms with Crippen LogP contribution < -0.4 is 0 Å². The molecule has 0 aliphatic carbocycles. The predicted octanol–water partition coefficient (Wildman–Crippen LogP) is 2.82. The number of hydrogen-bond donors (Lipinski definition) is 1. The molecule has 3 heteroatoms. The predicted molar refractivity (Wildman–Crippen MR) is 83.9 cm³/mol. The first kappa shape index (κ1) is 14.2. The van der Waals surface area contributed by atoms with Crippen LogP contribution in [0.5, 0.6) is 0 Å². The third kappa shape index (κ3) is 3.69. The first-order chi connectivity index (χ1) is 10.3. The molecule has 0 radical (unpaired) electrons. The molecule has 0 spiro atoms. The van der Waals surface area contributed by atoms with E-state index in [1.807, 2.05) is 30.6 Å². The lowest BCUT2D eigenvalue weighted by Crippen LogP contribution is -2.33. The van der Waals surface area contributed by atoms with Gasteiger partial charge in [-0.3, -0.25) is 9.88 Å². The molecule has 21 heavy (non-hydrogen) atoms. The number of likely N-dealkylation sites (tertiary alicyclic amines) is 1. The highest BCUT2D eigenvalue weighted by atomic mass is 16.3. The molecule has 2 unspecified atom stereocenters. The molecule has 0 bridgehead atoms. The fourth-order valence-electron chi connectivity index (χ4n) is 3.23. The number of nitrogens with zero attached hydrogens (tertiary/aromatic N) is 2. The smallest absolute Gasteiger partial charge is 0.0707 e. The van der Waals surface area contributed by atoms with Crippen molar-refractivity contribution in [1.29, 1.82) is 0 Å². The maximum Gasteiger partial charge on any atom is 0.0707 e. The van der Waals surface area contributed by atoms with Gasteiger partial charge in [-0.2, -0.15) is 0 Å². The zero-order valence-electron chi connectivity index (χ0n) is 12.2. The van der Waals surface area contributed by atoms with Gasteiger partial charge in [0.15, 0.2) is 0 Å². The summed E-state index contributed by atoms with van der Waals surface area (Å²) in [6.07, 6.45) is 6.49. The van der Waals surface area contributed by atoms with Crippen molar-refractivity contribution >= 4 is 0 Å². The minimum atomic E-state index is -0.310. The lowest BCUT2D eigenvalue weighted by molar-refractivity contribution is 0.106.